The fourth-order valence-electron chi connectivity index (χ4n) is 2.28. The van der Waals surface area contributed by atoms with Crippen LogP contribution in [0.1, 0.15) is 12.5 Å². The summed E-state index contributed by atoms with van der Waals surface area (Å²) in [6, 6.07) is 7.15. The molecule has 1 aliphatic rings. The van der Waals surface area contributed by atoms with E-state index < -0.39 is 0 Å². The van der Waals surface area contributed by atoms with Gasteiger partial charge in [-0.05, 0) is 31.0 Å². The standard InChI is InChI=1S/C17H24N2O5.ClH/c1-2-23-16(20)12-24-14-5-3-13(4-6-14)7-8-19-17(21)15-11-22-10-9-18-15;/h3-6,15,18H,2,7-12H2,1H3,(H,19,21);1H. The monoisotopic (exact) mass is 372 g/mol. The SMILES string of the molecule is CCOC(=O)COc1ccc(CCNC(=O)C2COCCN2)cc1.Cl. The molecule has 1 fully saturated rings. The molecule has 1 aromatic carbocycles. The Balaban J connectivity index is 0.00000312. The van der Waals surface area contributed by atoms with E-state index in [9.17, 15) is 9.59 Å². The van der Waals surface area contributed by atoms with Gasteiger partial charge in [0.2, 0.25) is 5.91 Å². The highest BCUT2D eigenvalue weighted by Crippen LogP contribution is 2.12. The molecule has 7 nitrogen and oxygen atoms in total. The first-order valence-electron chi connectivity index (χ1n) is 8.15. The molecule has 0 aliphatic carbocycles. The number of carbonyl (C=O) groups excluding carboxylic acids is 2. The van der Waals surface area contributed by atoms with E-state index in [0.717, 1.165) is 12.0 Å². The Morgan fingerprint density at radius 1 is 1.32 bits per heavy atom. The molecular weight excluding hydrogens is 348 g/mol. The summed E-state index contributed by atoms with van der Waals surface area (Å²) in [6.45, 7) is 4.32. The topological polar surface area (TPSA) is 85.9 Å². The molecule has 0 spiro atoms. The van der Waals surface area contributed by atoms with Crippen molar-refractivity contribution in [1.29, 1.82) is 0 Å². The molecule has 0 aromatic heterocycles. The van der Waals surface area contributed by atoms with Crippen molar-refractivity contribution in [2.24, 2.45) is 0 Å². The number of halogens is 1. The second kappa shape index (κ2) is 11.7. The van der Waals surface area contributed by atoms with Crippen molar-refractivity contribution in [2.45, 2.75) is 19.4 Å². The van der Waals surface area contributed by atoms with Crippen LogP contribution < -0.4 is 15.4 Å². The zero-order chi connectivity index (χ0) is 17.2. The van der Waals surface area contributed by atoms with Crippen molar-refractivity contribution in [1.82, 2.24) is 10.6 Å². The minimum absolute atomic E-state index is 0. The second-order valence-electron chi connectivity index (χ2n) is 5.36. The third-order valence-electron chi connectivity index (χ3n) is 3.54. The largest absolute Gasteiger partial charge is 0.482 e. The summed E-state index contributed by atoms with van der Waals surface area (Å²) in [7, 11) is 0. The Morgan fingerprint density at radius 3 is 2.72 bits per heavy atom. The molecule has 2 rings (SSSR count). The maximum atomic E-state index is 11.9. The van der Waals surface area contributed by atoms with E-state index in [4.69, 9.17) is 14.2 Å². The van der Waals surface area contributed by atoms with Crippen LogP contribution in [0.15, 0.2) is 24.3 Å². The van der Waals surface area contributed by atoms with Crippen LogP contribution in [-0.2, 0) is 25.5 Å². The fraction of sp³-hybridized carbons (Fsp3) is 0.529. The van der Waals surface area contributed by atoms with Gasteiger partial charge in [0.25, 0.3) is 0 Å². The molecule has 1 aromatic rings. The van der Waals surface area contributed by atoms with Gasteiger partial charge in [-0.2, -0.15) is 0 Å². The van der Waals surface area contributed by atoms with E-state index in [-0.39, 0.29) is 36.9 Å². The van der Waals surface area contributed by atoms with Gasteiger partial charge in [0.1, 0.15) is 11.8 Å². The van der Waals surface area contributed by atoms with Crippen LogP contribution in [0.25, 0.3) is 0 Å². The third-order valence-corrected chi connectivity index (χ3v) is 3.54. The number of hydrogen-bond acceptors (Lipinski definition) is 6. The minimum Gasteiger partial charge on any atom is -0.482 e. The van der Waals surface area contributed by atoms with Gasteiger partial charge in [0, 0.05) is 13.1 Å². The second-order valence-corrected chi connectivity index (χ2v) is 5.36. The molecule has 1 amide bonds. The molecule has 1 unspecified atom stereocenters. The molecule has 0 saturated carbocycles. The molecule has 0 bridgehead atoms. The highest BCUT2D eigenvalue weighted by Gasteiger charge is 2.20. The van der Waals surface area contributed by atoms with E-state index in [2.05, 4.69) is 10.6 Å². The molecule has 1 saturated heterocycles. The van der Waals surface area contributed by atoms with Crippen molar-refractivity contribution < 1.29 is 23.8 Å². The van der Waals surface area contributed by atoms with Gasteiger partial charge in [-0.25, -0.2) is 4.79 Å². The maximum absolute atomic E-state index is 11.9. The minimum atomic E-state index is -0.385. The van der Waals surface area contributed by atoms with Crippen molar-refractivity contribution in [3.8, 4) is 5.75 Å². The van der Waals surface area contributed by atoms with Gasteiger partial charge in [0.05, 0.1) is 19.8 Å². The lowest BCUT2D eigenvalue weighted by Crippen LogP contribution is -2.51. The van der Waals surface area contributed by atoms with Crippen LogP contribution in [0.2, 0.25) is 0 Å². The van der Waals surface area contributed by atoms with E-state index in [1.807, 2.05) is 12.1 Å². The predicted octanol–water partition coefficient (Wildman–Crippen LogP) is 0.697. The number of morpholine rings is 1. The average Bonchev–Trinajstić information content (AvgIpc) is 2.62. The number of amides is 1. The van der Waals surface area contributed by atoms with Crippen LogP contribution in [0.3, 0.4) is 0 Å². The van der Waals surface area contributed by atoms with Crippen molar-refractivity contribution in [2.75, 3.05) is 39.5 Å². The van der Waals surface area contributed by atoms with E-state index in [0.29, 0.717) is 38.7 Å². The number of benzene rings is 1. The Kier molecular flexibility index (Phi) is 9.91. The maximum Gasteiger partial charge on any atom is 0.344 e. The van der Waals surface area contributed by atoms with Gasteiger partial charge < -0.3 is 24.8 Å². The average molecular weight is 373 g/mol. The molecule has 1 aliphatic heterocycles. The van der Waals surface area contributed by atoms with Gasteiger partial charge in [-0.3, -0.25) is 4.79 Å². The molecule has 0 radical (unpaired) electrons. The summed E-state index contributed by atoms with van der Waals surface area (Å²) < 4.78 is 15.4. The highest BCUT2D eigenvalue weighted by molar-refractivity contribution is 5.85. The van der Waals surface area contributed by atoms with Gasteiger partial charge in [-0.1, -0.05) is 12.1 Å². The number of rotatable bonds is 8. The zero-order valence-electron chi connectivity index (χ0n) is 14.3. The summed E-state index contributed by atoms with van der Waals surface area (Å²) in [6.07, 6.45) is 0.720. The molecule has 2 N–H and O–H groups in total. The molecule has 1 heterocycles. The van der Waals surface area contributed by atoms with Crippen LogP contribution in [-0.4, -0.2) is 57.4 Å². The number of esters is 1. The lowest BCUT2D eigenvalue weighted by Gasteiger charge is -2.22. The van der Waals surface area contributed by atoms with Gasteiger partial charge >= 0.3 is 5.97 Å². The molecule has 1 atom stereocenters. The van der Waals surface area contributed by atoms with E-state index in [1.54, 1.807) is 19.1 Å². The van der Waals surface area contributed by atoms with Crippen molar-refractivity contribution >= 4 is 24.3 Å². The Hall–Kier alpha value is -1.83. The normalized spacial score (nSPS) is 16.4. The number of ether oxygens (including phenoxy) is 3. The van der Waals surface area contributed by atoms with Gasteiger partial charge in [0.15, 0.2) is 6.61 Å². The van der Waals surface area contributed by atoms with Crippen LogP contribution in [0.5, 0.6) is 5.75 Å². The number of carbonyl (C=O) groups is 2. The van der Waals surface area contributed by atoms with Crippen LogP contribution in [0, 0.1) is 0 Å². The Morgan fingerprint density at radius 2 is 2.08 bits per heavy atom. The van der Waals surface area contributed by atoms with Crippen LogP contribution in [0.4, 0.5) is 0 Å². The summed E-state index contributed by atoms with van der Waals surface area (Å²) in [5.41, 5.74) is 1.08. The summed E-state index contributed by atoms with van der Waals surface area (Å²) >= 11 is 0. The molecule has 25 heavy (non-hydrogen) atoms. The first-order valence-corrected chi connectivity index (χ1v) is 8.15. The number of nitrogens with one attached hydrogen (secondary N) is 2. The third kappa shape index (κ3) is 7.72. The van der Waals surface area contributed by atoms with E-state index >= 15 is 0 Å². The Bertz CT molecular complexity index is 532. The van der Waals surface area contributed by atoms with Crippen molar-refractivity contribution in [3.63, 3.8) is 0 Å². The summed E-state index contributed by atoms with van der Waals surface area (Å²) in [4.78, 5) is 23.1. The molecule has 140 valence electrons. The lowest BCUT2D eigenvalue weighted by molar-refractivity contribution is -0.145. The summed E-state index contributed by atoms with van der Waals surface area (Å²) in [5.74, 6) is 0.188. The molecule has 8 heteroatoms. The highest BCUT2D eigenvalue weighted by atomic mass is 35.5. The molecular formula is C17H25ClN2O5. The van der Waals surface area contributed by atoms with Gasteiger partial charge in [-0.15, -0.1) is 12.4 Å². The van der Waals surface area contributed by atoms with E-state index in [1.165, 1.54) is 0 Å². The van der Waals surface area contributed by atoms with Crippen molar-refractivity contribution in [3.05, 3.63) is 29.8 Å². The predicted molar refractivity (Wildman–Crippen MR) is 95.1 cm³/mol. The lowest BCUT2D eigenvalue weighted by atomic mass is 10.1. The first kappa shape index (κ1) is 21.2. The number of hydrogen-bond donors (Lipinski definition) is 2. The first-order chi connectivity index (χ1) is 11.7. The quantitative estimate of drug-likeness (QED) is 0.653. The fourth-order valence-corrected chi connectivity index (χ4v) is 2.28. The smallest absolute Gasteiger partial charge is 0.344 e. The Labute approximate surface area is 153 Å². The zero-order valence-corrected chi connectivity index (χ0v) is 15.1. The van der Waals surface area contributed by atoms with Crippen LogP contribution >= 0.6 is 12.4 Å². The summed E-state index contributed by atoms with van der Waals surface area (Å²) in [5, 5.41) is 6.01.